The molecule has 2 aromatic rings. The van der Waals surface area contributed by atoms with Crippen LogP contribution < -0.4 is 11.1 Å². The first-order valence-electron chi connectivity index (χ1n) is 4.56. The number of carbonyl (C=O) groups is 1. The molecule has 3 N–H and O–H groups in total. The number of aromatic nitrogens is 3. The maximum Gasteiger partial charge on any atom is 0.259 e. The third-order valence-electron chi connectivity index (χ3n) is 1.91. The molecule has 2 heterocycles. The SMILES string of the molecule is Nc1cnccc1C(=O)Nc1cccnn1. The van der Waals surface area contributed by atoms with E-state index < -0.39 is 0 Å². The molecule has 0 atom stereocenters. The summed E-state index contributed by atoms with van der Waals surface area (Å²) in [5, 5.41) is 9.96. The van der Waals surface area contributed by atoms with Gasteiger partial charge < -0.3 is 11.1 Å². The summed E-state index contributed by atoms with van der Waals surface area (Å²) in [7, 11) is 0. The minimum atomic E-state index is -0.333. The molecule has 0 aromatic carbocycles. The predicted octanol–water partition coefficient (Wildman–Crippen LogP) is 0.706. The van der Waals surface area contributed by atoms with Crippen LogP contribution in [0.5, 0.6) is 0 Å². The van der Waals surface area contributed by atoms with Crippen molar-refractivity contribution in [2.24, 2.45) is 0 Å². The number of carbonyl (C=O) groups excluding carboxylic acids is 1. The lowest BCUT2D eigenvalue weighted by Gasteiger charge is -2.04. The molecule has 0 spiro atoms. The van der Waals surface area contributed by atoms with Gasteiger partial charge in [0.05, 0.1) is 17.4 Å². The second-order valence-corrected chi connectivity index (χ2v) is 3.03. The van der Waals surface area contributed by atoms with Gasteiger partial charge in [0.25, 0.3) is 5.91 Å². The molecule has 6 heteroatoms. The van der Waals surface area contributed by atoms with Gasteiger partial charge in [0.2, 0.25) is 0 Å². The van der Waals surface area contributed by atoms with Crippen molar-refractivity contribution in [3.05, 3.63) is 42.4 Å². The largest absolute Gasteiger partial charge is 0.397 e. The summed E-state index contributed by atoms with van der Waals surface area (Å²) in [5.41, 5.74) is 6.30. The Morgan fingerprint density at radius 1 is 1.31 bits per heavy atom. The monoisotopic (exact) mass is 215 g/mol. The zero-order chi connectivity index (χ0) is 11.4. The van der Waals surface area contributed by atoms with Crippen LogP contribution in [0.15, 0.2) is 36.8 Å². The number of hydrogen-bond acceptors (Lipinski definition) is 5. The molecule has 2 rings (SSSR count). The lowest BCUT2D eigenvalue weighted by Crippen LogP contribution is -2.15. The zero-order valence-corrected chi connectivity index (χ0v) is 8.29. The summed E-state index contributed by atoms with van der Waals surface area (Å²) in [4.78, 5) is 15.5. The van der Waals surface area contributed by atoms with Crippen molar-refractivity contribution in [1.29, 1.82) is 0 Å². The molecule has 0 saturated heterocycles. The Hall–Kier alpha value is -2.50. The van der Waals surface area contributed by atoms with Crippen molar-refractivity contribution < 1.29 is 4.79 Å². The lowest BCUT2D eigenvalue weighted by atomic mass is 10.2. The standard InChI is InChI=1S/C10H9N5O/c11-8-6-12-5-3-7(8)10(16)14-9-2-1-4-13-15-9/h1-6H,11H2,(H,14,15,16). The van der Waals surface area contributed by atoms with Gasteiger partial charge in [-0.3, -0.25) is 9.78 Å². The van der Waals surface area contributed by atoms with Gasteiger partial charge in [0.15, 0.2) is 5.82 Å². The summed E-state index contributed by atoms with van der Waals surface area (Å²) in [6.45, 7) is 0. The molecule has 80 valence electrons. The van der Waals surface area contributed by atoms with Crippen molar-refractivity contribution in [2.45, 2.75) is 0 Å². The van der Waals surface area contributed by atoms with Gasteiger partial charge >= 0.3 is 0 Å². The van der Waals surface area contributed by atoms with Crippen LogP contribution in [0.1, 0.15) is 10.4 Å². The quantitative estimate of drug-likeness (QED) is 0.769. The normalized spacial score (nSPS) is 9.75. The van der Waals surface area contributed by atoms with Crippen molar-refractivity contribution in [1.82, 2.24) is 15.2 Å². The van der Waals surface area contributed by atoms with E-state index in [0.717, 1.165) is 0 Å². The Morgan fingerprint density at radius 3 is 2.88 bits per heavy atom. The average molecular weight is 215 g/mol. The van der Waals surface area contributed by atoms with Crippen LogP contribution in [0.3, 0.4) is 0 Å². The maximum atomic E-state index is 11.7. The highest BCUT2D eigenvalue weighted by Crippen LogP contribution is 2.10. The van der Waals surface area contributed by atoms with E-state index in [1.807, 2.05) is 0 Å². The second-order valence-electron chi connectivity index (χ2n) is 3.03. The van der Waals surface area contributed by atoms with Crippen LogP contribution in [-0.2, 0) is 0 Å². The van der Waals surface area contributed by atoms with Gasteiger partial charge in [-0.05, 0) is 18.2 Å². The molecule has 2 aromatic heterocycles. The van der Waals surface area contributed by atoms with Gasteiger partial charge in [-0.15, -0.1) is 5.10 Å². The van der Waals surface area contributed by atoms with E-state index in [2.05, 4.69) is 20.5 Å². The number of nitrogen functional groups attached to an aromatic ring is 1. The topological polar surface area (TPSA) is 93.8 Å². The van der Waals surface area contributed by atoms with Crippen molar-refractivity contribution >= 4 is 17.4 Å². The van der Waals surface area contributed by atoms with Crippen LogP contribution in [0, 0.1) is 0 Å². The molecule has 16 heavy (non-hydrogen) atoms. The molecular weight excluding hydrogens is 206 g/mol. The highest BCUT2D eigenvalue weighted by Gasteiger charge is 2.09. The van der Waals surface area contributed by atoms with Crippen LogP contribution in [0.4, 0.5) is 11.5 Å². The summed E-state index contributed by atoms with van der Waals surface area (Å²) < 4.78 is 0. The smallest absolute Gasteiger partial charge is 0.259 e. The van der Waals surface area contributed by atoms with Crippen molar-refractivity contribution in [2.75, 3.05) is 11.1 Å². The molecule has 0 aliphatic carbocycles. The number of pyridine rings is 1. The third kappa shape index (κ3) is 2.11. The number of nitrogens with two attached hydrogens (primary N) is 1. The third-order valence-corrected chi connectivity index (χ3v) is 1.91. The van der Waals surface area contributed by atoms with E-state index in [1.165, 1.54) is 18.6 Å². The Kier molecular flexibility index (Phi) is 2.73. The molecule has 1 amide bonds. The Bertz CT molecular complexity index is 500. The van der Waals surface area contributed by atoms with E-state index in [-0.39, 0.29) is 5.91 Å². The zero-order valence-electron chi connectivity index (χ0n) is 8.29. The minimum absolute atomic E-state index is 0.323. The number of nitrogens with zero attached hydrogens (tertiary/aromatic N) is 3. The number of rotatable bonds is 2. The molecule has 0 aliphatic heterocycles. The van der Waals surface area contributed by atoms with Gasteiger partial charge in [-0.2, -0.15) is 5.10 Å². The molecule has 0 unspecified atom stereocenters. The highest BCUT2D eigenvalue weighted by molar-refractivity contribution is 6.07. The molecule has 0 aliphatic rings. The predicted molar refractivity (Wildman–Crippen MR) is 58.6 cm³/mol. The van der Waals surface area contributed by atoms with Crippen molar-refractivity contribution in [3.63, 3.8) is 0 Å². The van der Waals surface area contributed by atoms with Gasteiger partial charge in [0.1, 0.15) is 0 Å². The average Bonchev–Trinajstić information content (AvgIpc) is 2.31. The number of hydrogen-bond donors (Lipinski definition) is 2. The Morgan fingerprint density at radius 2 is 2.19 bits per heavy atom. The van der Waals surface area contributed by atoms with Gasteiger partial charge in [0, 0.05) is 12.4 Å². The molecule has 0 radical (unpaired) electrons. The highest BCUT2D eigenvalue weighted by atomic mass is 16.1. The van der Waals surface area contributed by atoms with Crippen LogP contribution >= 0.6 is 0 Å². The van der Waals surface area contributed by atoms with E-state index in [4.69, 9.17) is 5.73 Å². The second kappa shape index (κ2) is 4.35. The van der Waals surface area contributed by atoms with Crippen LogP contribution in [0.2, 0.25) is 0 Å². The Balaban J connectivity index is 2.19. The summed E-state index contributed by atoms with van der Waals surface area (Å²) in [6.07, 6.45) is 4.45. The van der Waals surface area contributed by atoms with E-state index in [9.17, 15) is 4.79 Å². The molecular formula is C10H9N5O. The van der Waals surface area contributed by atoms with Gasteiger partial charge in [-0.25, -0.2) is 0 Å². The maximum absolute atomic E-state index is 11.7. The Labute approximate surface area is 91.5 Å². The number of anilines is 2. The van der Waals surface area contributed by atoms with E-state index in [1.54, 1.807) is 18.2 Å². The number of amides is 1. The van der Waals surface area contributed by atoms with Crippen LogP contribution in [-0.4, -0.2) is 21.1 Å². The van der Waals surface area contributed by atoms with E-state index in [0.29, 0.717) is 17.1 Å². The first-order valence-corrected chi connectivity index (χ1v) is 4.56. The molecule has 0 fully saturated rings. The summed E-state index contributed by atoms with van der Waals surface area (Å²) in [6, 6.07) is 4.86. The first-order chi connectivity index (χ1) is 7.77. The summed E-state index contributed by atoms with van der Waals surface area (Å²) in [5.74, 6) is 0.0455. The van der Waals surface area contributed by atoms with Gasteiger partial charge in [-0.1, -0.05) is 0 Å². The fraction of sp³-hybridized carbons (Fsp3) is 0. The molecule has 0 saturated carbocycles. The number of nitrogens with one attached hydrogen (secondary N) is 1. The van der Waals surface area contributed by atoms with Crippen LogP contribution in [0.25, 0.3) is 0 Å². The molecule has 0 bridgehead atoms. The van der Waals surface area contributed by atoms with Crippen molar-refractivity contribution in [3.8, 4) is 0 Å². The fourth-order valence-corrected chi connectivity index (χ4v) is 1.17. The minimum Gasteiger partial charge on any atom is -0.397 e. The fourth-order valence-electron chi connectivity index (χ4n) is 1.17. The van der Waals surface area contributed by atoms with E-state index >= 15 is 0 Å². The lowest BCUT2D eigenvalue weighted by molar-refractivity contribution is 0.102. The summed E-state index contributed by atoms with van der Waals surface area (Å²) >= 11 is 0. The molecule has 6 nitrogen and oxygen atoms in total. The first kappa shape index (κ1) is 10.0.